The quantitative estimate of drug-likeness (QED) is 0.428. The van der Waals surface area contributed by atoms with Crippen LogP contribution in [0.5, 0.6) is 0 Å². The number of carbonyl (C=O) groups excluding carboxylic acids is 1. The molecule has 0 heterocycles. The van der Waals surface area contributed by atoms with E-state index in [1.165, 1.54) is 13.3 Å². The van der Waals surface area contributed by atoms with Gasteiger partial charge in [-0.25, -0.2) is 0 Å². The minimum absolute atomic E-state index is 0.0839. The summed E-state index contributed by atoms with van der Waals surface area (Å²) in [5.41, 5.74) is 0. The van der Waals surface area contributed by atoms with E-state index in [4.69, 9.17) is 0 Å². The van der Waals surface area contributed by atoms with Crippen molar-refractivity contribution in [3.8, 4) is 0 Å². The first kappa shape index (κ1) is 8.14. The Morgan fingerprint density at radius 1 is 1.67 bits per heavy atom. The molecule has 9 heavy (non-hydrogen) atoms. The van der Waals surface area contributed by atoms with Gasteiger partial charge in [-0.2, -0.15) is 0 Å². The van der Waals surface area contributed by atoms with Crippen LogP contribution in [0.4, 0.5) is 0 Å². The lowest BCUT2D eigenvalue weighted by molar-refractivity contribution is -0.117. The van der Waals surface area contributed by atoms with Crippen LogP contribution in [0.2, 0.25) is 0 Å². The van der Waals surface area contributed by atoms with Crippen LogP contribution in [0.3, 0.4) is 0 Å². The first-order chi connectivity index (χ1) is 4.13. The van der Waals surface area contributed by atoms with E-state index in [1.807, 2.05) is 13.8 Å². The highest BCUT2D eigenvalue weighted by Crippen LogP contribution is 1.80. The molecule has 0 saturated heterocycles. The highest BCUT2D eigenvalue weighted by molar-refractivity contribution is 5.85. The van der Waals surface area contributed by atoms with Crippen molar-refractivity contribution in [1.29, 1.82) is 0 Å². The van der Waals surface area contributed by atoms with Crippen LogP contribution in [0, 0.1) is 0 Å². The van der Waals surface area contributed by atoms with Gasteiger partial charge in [0.15, 0.2) is 0 Å². The molecule has 3 nitrogen and oxygen atoms in total. The number of amides is 1. The predicted molar refractivity (Wildman–Crippen MR) is 37.4 cm³/mol. The predicted octanol–water partition coefficient (Wildman–Crippen LogP) is 0.559. The van der Waals surface area contributed by atoms with Gasteiger partial charge >= 0.3 is 0 Å². The minimum Gasteiger partial charge on any atom is -0.317 e. The second kappa shape index (κ2) is 4.06. The lowest BCUT2D eigenvalue weighted by atomic mass is 10.4. The van der Waals surface area contributed by atoms with Crippen LogP contribution >= 0.6 is 0 Å². The number of aliphatic imine (C=N–C) groups is 1. The zero-order valence-electron chi connectivity index (χ0n) is 6.01. The Bertz CT molecular complexity index is 118. The molecule has 0 saturated carbocycles. The number of hydrogen-bond donors (Lipinski definition) is 1. The Morgan fingerprint density at radius 3 is 2.56 bits per heavy atom. The van der Waals surface area contributed by atoms with Crippen LogP contribution < -0.4 is 5.32 Å². The van der Waals surface area contributed by atoms with Gasteiger partial charge in [-0.05, 0) is 13.8 Å². The lowest BCUT2D eigenvalue weighted by Gasteiger charge is -1.93. The summed E-state index contributed by atoms with van der Waals surface area (Å²) in [6.07, 6.45) is 1.42. The molecule has 0 aliphatic rings. The maximum absolute atomic E-state index is 10.2. The summed E-state index contributed by atoms with van der Waals surface area (Å²) in [7, 11) is 0. The van der Waals surface area contributed by atoms with Crippen LogP contribution in [-0.4, -0.2) is 18.3 Å². The molecule has 0 aromatic heterocycles. The van der Waals surface area contributed by atoms with Gasteiger partial charge < -0.3 is 5.32 Å². The Morgan fingerprint density at radius 2 is 2.22 bits per heavy atom. The van der Waals surface area contributed by atoms with E-state index in [2.05, 4.69) is 10.3 Å². The van der Waals surface area contributed by atoms with Gasteiger partial charge in [0.1, 0.15) is 0 Å². The molecule has 0 unspecified atom stereocenters. The van der Waals surface area contributed by atoms with E-state index in [0.29, 0.717) is 0 Å². The minimum atomic E-state index is -0.0839. The fourth-order valence-electron chi connectivity index (χ4n) is 0.277. The Kier molecular flexibility index (Phi) is 3.67. The van der Waals surface area contributed by atoms with Crippen molar-refractivity contribution in [2.75, 3.05) is 0 Å². The summed E-state index contributed by atoms with van der Waals surface area (Å²) in [5.74, 6) is -0.0839. The molecule has 0 aromatic carbocycles. The molecule has 0 fully saturated rings. The lowest BCUT2D eigenvalue weighted by Crippen LogP contribution is -2.17. The molecule has 0 spiro atoms. The van der Waals surface area contributed by atoms with Crippen LogP contribution in [0.15, 0.2) is 4.99 Å². The maximum Gasteiger partial charge on any atom is 0.221 e. The molecule has 1 N–H and O–H groups in total. The summed E-state index contributed by atoms with van der Waals surface area (Å²) in [5, 5.41) is 2.45. The summed E-state index contributed by atoms with van der Waals surface area (Å²) in [4.78, 5) is 14.1. The SMILES string of the molecule is CC(=O)NC=NC(C)C. The smallest absolute Gasteiger partial charge is 0.221 e. The van der Waals surface area contributed by atoms with E-state index < -0.39 is 0 Å². The fraction of sp³-hybridized carbons (Fsp3) is 0.667. The second-order valence-electron chi connectivity index (χ2n) is 2.07. The maximum atomic E-state index is 10.2. The first-order valence-corrected chi connectivity index (χ1v) is 2.91. The standard InChI is InChI=1S/C6H12N2O/c1-5(2)7-4-8-6(3)9/h4-5H,1-3H3,(H,7,8,9). The van der Waals surface area contributed by atoms with Crippen molar-refractivity contribution < 1.29 is 4.79 Å². The summed E-state index contributed by atoms with van der Waals surface area (Å²) in [6.45, 7) is 5.34. The van der Waals surface area contributed by atoms with Gasteiger partial charge in [-0.1, -0.05) is 0 Å². The van der Waals surface area contributed by atoms with E-state index in [9.17, 15) is 4.79 Å². The average Bonchev–Trinajstić information content (AvgIpc) is 1.63. The first-order valence-electron chi connectivity index (χ1n) is 2.91. The number of nitrogens with zero attached hydrogens (tertiary/aromatic N) is 1. The molecule has 3 heteroatoms. The molecule has 1 amide bonds. The van der Waals surface area contributed by atoms with Gasteiger partial charge in [-0.3, -0.25) is 9.79 Å². The molecule has 0 aromatic rings. The molecular formula is C6H12N2O. The van der Waals surface area contributed by atoms with Crippen molar-refractivity contribution in [2.24, 2.45) is 4.99 Å². The molecular weight excluding hydrogens is 116 g/mol. The van der Waals surface area contributed by atoms with Gasteiger partial charge in [0.2, 0.25) is 5.91 Å². The Hall–Kier alpha value is -0.860. The molecule has 0 radical (unpaired) electrons. The van der Waals surface area contributed by atoms with Crippen molar-refractivity contribution in [2.45, 2.75) is 26.8 Å². The molecule has 0 bridgehead atoms. The summed E-state index contributed by atoms with van der Waals surface area (Å²) >= 11 is 0. The van der Waals surface area contributed by atoms with Gasteiger partial charge in [0.25, 0.3) is 0 Å². The second-order valence-corrected chi connectivity index (χ2v) is 2.07. The third-order valence-corrected chi connectivity index (χ3v) is 0.640. The summed E-state index contributed by atoms with van der Waals surface area (Å²) in [6, 6.07) is 0.247. The van der Waals surface area contributed by atoms with Crippen LogP contribution in [-0.2, 0) is 4.79 Å². The van der Waals surface area contributed by atoms with Gasteiger partial charge in [0, 0.05) is 13.0 Å². The third-order valence-electron chi connectivity index (χ3n) is 0.640. The zero-order chi connectivity index (χ0) is 7.28. The van der Waals surface area contributed by atoms with Crippen molar-refractivity contribution in [3.63, 3.8) is 0 Å². The van der Waals surface area contributed by atoms with Crippen molar-refractivity contribution in [1.82, 2.24) is 5.32 Å². The highest BCUT2D eigenvalue weighted by Gasteiger charge is 1.84. The molecule has 0 rings (SSSR count). The van der Waals surface area contributed by atoms with Crippen LogP contribution in [0.1, 0.15) is 20.8 Å². The largest absolute Gasteiger partial charge is 0.317 e. The number of nitrogens with one attached hydrogen (secondary N) is 1. The van der Waals surface area contributed by atoms with Gasteiger partial charge in [0.05, 0.1) is 6.34 Å². The Balaban J connectivity index is 3.36. The number of rotatable bonds is 2. The highest BCUT2D eigenvalue weighted by atomic mass is 16.1. The van der Waals surface area contributed by atoms with E-state index in [-0.39, 0.29) is 11.9 Å². The molecule has 52 valence electrons. The van der Waals surface area contributed by atoms with Crippen LogP contribution in [0.25, 0.3) is 0 Å². The topological polar surface area (TPSA) is 41.5 Å². The van der Waals surface area contributed by atoms with E-state index in [1.54, 1.807) is 0 Å². The third kappa shape index (κ3) is 7.14. The fourth-order valence-corrected chi connectivity index (χ4v) is 0.277. The number of carbonyl (C=O) groups is 1. The Labute approximate surface area is 55.2 Å². The van der Waals surface area contributed by atoms with Crippen molar-refractivity contribution >= 4 is 12.2 Å². The zero-order valence-corrected chi connectivity index (χ0v) is 6.01. The van der Waals surface area contributed by atoms with E-state index in [0.717, 1.165) is 0 Å². The molecule has 0 aliphatic heterocycles. The normalized spacial score (nSPS) is 10.7. The average molecular weight is 128 g/mol. The van der Waals surface area contributed by atoms with Gasteiger partial charge in [-0.15, -0.1) is 0 Å². The van der Waals surface area contributed by atoms with E-state index >= 15 is 0 Å². The molecule has 0 atom stereocenters. The van der Waals surface area contributed by atoms with Crippen molar-refractivity contribution in [3.05, 3.63) is 0 Å². The number of hydrogen-bond acceptors (Lipinski definition) is 2. The molecule has 0 aliphatic carbocycles. The summed E-state index contributed by atoms with van der Waals surface area (Å²) < 4.78 is 0. The monoisotopic (exact) mass is 128 g/mol.